The lowest BCUT2D eigenvalue weighted by molar-refractivity contribution is 0.454. The minimum atomic E-state index is 0.322. The number of aromatic nitrogens is 2. The fourth-order valence-electron chi connectivity index (χ4n) is 2.48. The summed E-state index contributed by atoms with van der Waals surface area (Å²) in [6.07, 6.45) is 10.5. The van der Waals surface area contributed by atoms with E-state index < -0.39 is 0 Å². The summed E-state index contributed by atoms with van der Waals surface area (Å²) < 4.78 is 2.05. The summed E-state index contributed by atoms with van der Waals surface area (Å²) in [7, 11) is 2.01. The first-order chi connectivity index (χ1) is 9.24. The van der Waals surface area contributed by atoms with Crippen molar-refractivity contribution in [2.24, 2.45) is 0 Å². The summed E-state index contributed by atoms with van der Waals surface area (Å²) >= 11 is 6.29. The topological polar surface area (TPSA) is 29.9 Å². The van der Waals surface area contributed by atoms with Crippen LogP contribution in [0.4, 0.5) is 0 Å². The molecule has 110 valence electrons. The smallest absolute Gasteiger partial charge is 0.0834 e. The molecule has 4 heteroatoms. The van der Waals surface area contributed by atoms with Gasteiger partial charge in [0.1, 0.15) is 0 Å². The van der Waals surface area contributed by atoms with Gasteiger partial charge in [-0.1, -0.05) is 57.6 Å². The van der Waals surface area contributed by atoms with Crippen molar-refractivity contribution in [3.8, 4) is 0 Å². The molecule has 0 amide bonds. The van der Waals surface area contributed by atoms with Crippen LogP contribution < -0.4 is 5.32 Å². The number of aryl methyl sites for hydroxylation is 1. The molecule has 0 aromatic carbocycles. The maximum atomic E-state index is 6.29. The summed E-state index contributed by atoms with van der Waals surface area (Å²) in [6, 6.07) is 0.322. The van der Waals surface area contributed by atoms with Crippen molar-refractivity contribution in [3.05, 3.63) is 16.9 Å². The number of nitrogens with zero attached hydrogens (tertiary/aromatic N) is 2. The Morgan fingerprint density at radius 3 is 2.58 bits per heavy atom. The van der Waals surface area contributed by atoms with E-state index in [1.54, 1.807) is 6.20 Å². The Labute approximate surface area is 122 Å². The standard InChI is InChI=1S/C15H28ClN3/c1-4-6-7-8-9-10-14(17-3)15-13(16)12-18-19(15)11-5-2/h12,14,17H,4-11H2,1-3H3. The van der Waals surface area contributed by atoms with Crippen LogP contribution in [0.3, 0.4) is 0 Å². The largest absolute Gasteiger partial charge is 0.312 e. The molecule has 1 heterocycles. The molecule has 0 aliphatic heterocycles. The number of rotatable bonds is 10. The Balaban J connectivity index is 2.56. The van der Waals surface area contributed by atoms with E-state index in [-0.39, 0.29) is 0 Å². The highest BCUT2D eigenvalue weighted by molar-refractivity contribution is 6.31. The van der Waals surface area contributed by atoms with Gasteiger partial charge in [0.15, 0.2) is 0 Å². The second-order valence-electron chi connectivity index (χ2n) is 5.15. The van der Waals surface area contributed by atoms with Crippen molar-refractivity contribution < 1.29 is 0 Å². The van der Waals surface area contributed by atoms with Gasteiger partial charge in [0.05, 0.1) is 23.0 Å². The molecule has 0 radical (unpaired) electrons. The summed E-state index contributed by atoms with van der Waals surface area (Å²) in [6.45, 7) is 5.36. The summed E-state index contributed by atoms with van der Waals surface area (Å²) in [5.41, 5.74) is 1.15. The maximum Gasteiger partial charge on any atom is 0.0834 e. The lowest BCUT2D eigenvalue weighted by Crippen LogP contribution is -2.21. The summed E-state index contributed by atoms with van der Waals surface area (Å²) in [5.74, 6) is 0. The van der Waals surface area contributed by atoms with Crippen LogP contribution in [0.15, 0.2) is 6.20 Å². The van der Waals surface area contributed by atoms with Crippen LogP contribution in [0.1, 0.15) is 70.5 Å². The Kier molecular flexibility index (Phi) is 8.15. The maximum absolute atomic E-state index is 6.29. The number of hydrogen-bond acceptors (Lipinski definition) is 2. The minimum absolute atomic E-state index is 0.322. The zero-order valence-corrected chi connectivity index (χ0v) is 13.3. The lowest BCUT2D eigenvalue weighted by atomic mass is 10.0. The van der Waals surface area contributed by atoms with Crippen molar-refractivity contribution in [3.63, 3.8) is 0 Å². The molecule has 19 heavy (non-hydrogen) atoms. The van der Waals surface area contributed by atoms with Gasteiger partial charge in [-0.15, -0.1) is 0 Å². The van der Waals surface area contributed by atoms with E-state index in [0.29, 0.717) is 6.04 Å². The van der Waals surface area contributed by atoms with Crippen LogP contribution in [0.2, 0.25) is 5.02 Å². The molecule has 1 rings (SSSR count). The van der Waals surface area contributed by atoms with Crippen LogP contribution >= 0.6 is 11.6 Å². The van der Waals surface area contributed by atoms with Gasteiger partial charge < -0.3 is 5.32 Å². The van der Waals surface area contributed by atoms with E-state index in [2.05, 4.69) is 28.9 Å². The van der Waals surface area contributed by atoms with Gasteiger partial charge in [0.25, 0.3) is 0 Å². The predicted molar refractivity (Wildman–Crippen MR) is 82.7 cm³/mol. The number of unbranched alkanes of at least 4 members (excludes halogenated alkanes) is 4. The molecular formula is C15H28ClN3. The number of hydrogen-bond donors (Lipinski definition) is 1. The molecular weight excluding hydrogens is 258 g/mol. The molecule has 1 aromatic rings. The summed E-state index contributed by atoms with van der Waals surface area (Å²) in [4.78, 5) is 0. The first-order valence-electron chi connectivity index (χ1n) is 7.63. The van der Waals surface area contributed by atoms with Gasteiger partial charge in [-0.25, -0.2) is 0 Å². The first-order valence-corrected chi connectivity index (χ1v) is 8.00. The predicted octanol–water partition coefficient (Wildman–Crippen LogP) is 4.57. The molecule has 1 N–H and O–H groups in total. The third kappa shape index (κ3) is 5.15. The molecule has 0 fully saturated rings. The number of nitrogens with one attached hydrogen (secondary N) is 1. The normalized spacial score (nSPS) is 12.8. The lowest BCUT2D eigenvalue weighted by Gasteiger charge is -2.18. The number of halogens is 1. The molecule has 3 nitrogen and oxygen atoms in total. The van der Waals surface area contributed by atoms with Crippen LogP contribution in [-0.4, -0.2) is 16.8 Å². The minimum Gasteiger partial charge on any atom is -0.312 e. The molecule has 0 spiro atoms. The Bertz CT molecular complexity index is 349. The van der Waals surface area contributed by atoms with Crippen LogP contribution in [-0.2, 0) is 6.54 Å². The SMILES string of the molecule is CCCCCCCC(NC)c1c(Cl)cnn1CCC. The molecule has 0 aliphatic rings. The average Bonchev–Trinajstić information content (AvgIpc) is 2.76. The molecule has 1 aromatic heterocycles. The zero-order valence-electron chi connectivity index (χ0n) is 12.6. The Morgan fingerprint density at radius 2 is 1.95 bits per heavy atom. The third-order valence-electron chi connectivity index (χ3n) is 3.54. The van der Waals surface area contributed by atoms with Crippen molar-refractivity contribution in [1.29, 1.82) is 0 Å². The van der Waals surface area contributed by atoms with Crippen molar-refractivity contribution in [1.82, 2.24) is 15.1 Å². The summed E-state index contributed by atoms with van der Waals surface area (Å²) in [5, 5.41) is 8.56. The van der Waals surface area contributed by atoms with Gasteiger partial charge in [0, 0.05) is 6.54 Å². The molecule has 0 aliphatic carbocycles. The van der Waals surface area contributed by atoms with Crippen LogP contribution in [0.5, 0.6) is 0 Å². The van der Waals surface area contributed by atoms with Gasteiger partial charge in [-0.05, 0) is 19.9 Å². The molecule has 0 saturated heterocycles. The van der Waals surface area contributed by atoms with E-state index in [9.17, 15) is 0 Å². The Morgan fingerprint density at radius 1 is 1.21 bits per heavy atom. The van der Waals surface area contributed by atoms with E-state index in [1.807, 2.05) is 7.05 Å². The van der Waals surface area contributed by atoms with E-state index in [4.69, 9.17) is 11.6 Å². The molecule has 1 atom stereocenters. The Hall–Kier alpha value is -0.540. The fourth-order valence-corrected chi connectivity index (χ4v) is 2.75. The van der Waals surface area contributed by atoms with Gasteiger partial charge in [-0.3, -0.25) is 4.68 Å². The highest BCUT2D eigenvalue weighted by atomic mass is 35.5. The van der Waals surface area contributed by atoms with Gasteiger partial charge in [0.2, 0.25) is 0 Å². The van der Waals surface area contributed by atoms with Crippen molar-refractivity contribution in [2.75, 3.05) is 7.05 Å². The highest BCUT2D eigenvalue weighted by Gasteiger charge is 2.18. The van der Waals surface area contributed by atoms with Crippen LogP contribution in [0.25, 0.3) is 0 Å². The first kappa shape index (κ1) is 16.5. The fraction of sp³-hybridized carbons (Fsp3) is 0.800. The van der Waals surface area contributed by atoms with Crippen LogP contribution in [0, 0.1) is 0 Å². The highest BCUT2D eigenvalue weighted by Crippen LogP contribution is 2.27. The van der Waals surface area contributed by atoms with E-state index >= 15 is 0 Å². The molecule has 0 saturated carbocycles. The molecule has 0 bridgehead atoms. The van der Waals surface area contributed by atoms with Gasteiger partial charge in [-0.2, -0.15) is 5.10 Å². The van der Waals surface area contributed by atoms with Crippen molar-refractivity contribution in [2.45, 2.75) is 71.4 Å². The van der Waals surface area contributed by atoms with Gasteiger partial charge >= 0.3 is 0 Å². The quantitative estimate of drug-likeness (QED) is 0.638. The average molecular weight is 286 g/mol. The van der Waals surface area contributed by atoms with Crippen molar-refractivity contribution >= 4 is 11.6 Å². The van der Waals surface area contributed by atoms with E-state index in [1.165, 1.54) is 32.1 Å². The van der Waals surface area contributed by atoms with E-state index in [0.717, 1.165) is 30.1 Å². The third-order valence-corrected chi connectivity index (χ3v) is 3.83. The monoisotopic (exact) mass is 285 g/mol. The second kappa shape index (κ2) is 9.38. The molecule has 1 unspecified atom stereocenters. The second-order valence-corrected chi connectivity index (χ2v) is 5.55. The zero-order chi connectivity index (χ0) is 14.1.